The summed E-state index contributed by atoms with van der Waals surface area (Å²) >= 11 is 0. The molecule has 8 heteroatoms. The second kappa shape index (κ2) is 16.3. The van der Waals surface area contributed by atoms with Gasteiger partial charge in [0, 0.05) is 33.3 Å². The topological polar surface area (TPSA) is 75.2 Å². The van der Waals surface area contributed by atoms with Gasteiger partial charge >= 0.3 is 0 Å². The molecule has 0 saturated heterocycles. The van der Waals surface area contributed by atoms with Crippen molar-refractivity contribution in [1.29, 1.82) is 0 Å². The van der Waals surface area contributed by atoms with Crippen molar-refractivity contribution in [2.45, 2.75) is 44.8 Å². The molecule has 1 aliphatic carbocycles. The number of nitrogens with one attached hydrogen (secondary N) is 2. The van der Waals surface area contributed by atoms with E-state index in [-0.39, 0.29) is 36.4 Å². The predicted molar refractivity (Wildman–Crippen MR) is 131 cm³/mol. The molecule has 0 bridgehead atoms. The molecule has 0 unspecified atom stereocenters. The van der Waals surface area contributed by atoms with E-state index >= 15 is 0 Å². The molecule has 170 valence electrons. The van der Waals surface area contributed by atoms with Gasteiger partial charge in [-0.15, -0.1) is 24.0 Å². The molecule has 0 atom stereocenters. The fraction of sp³-hybridized carbons (Fsp3) is 0.636. The van der Waals surface area contributed by atoms with Crippen LogP contribution in [0.25, 0.3) is 0 Å². The Kier molecular flexibility index (Phi) is 14.5. The van der Waals surface area contributed by atoms with Crippen molar-refractivity contribution >= 4 is 35.8 Å². The maximum atomic E-state index is 11.8. The summed E-state index contributed by atoms with van der Waals surface area (Å²) in [5.74, 6) is 0.717. The molecule has 7 nitrogen and oxygen atoms in total. The second-order valence-electron chi connectivity index (χ2n) is 7.51. The normalized spacial score (nSPS) is 14.3. The summed E-state index contributed by atoms with van der Waals surface area (Å²) in [7, 11) is 3.49. The van der Waals surface area contributed by atoms with Crippen molar-refractivity contribution in [3.8, 4) is 0 Å². The fourth-order valence-corrected chi connectivity index (χ4v) is 3.07. The van der Waals surface area contributed by atoms with E-state index in [2.05, 4.69) is 27.8 Å². The Morgan fingerprint density at radius 3 is 2.50 bits per heavy atom. The molecule has 1 saturated carbocycles. The molecule has 1 aliphatic rings. The molecule has 0 heterocycles. The van der Waals surface area contributed by atoms with E-state index in [1.807, 2.05) is 18.2 Å². The molecule has 0 aromatic heterocycles. The number of carbonyl (C=O) groups excluding carboxylic acids is 1. The fourth-order valence-electron chi connectivity index (χ4n) is 3.07. The van der Waals surface area contributed by atoms with Crippen LogP contribution in [0.1, 0.15) is 37.7 Å². The summed E-state index contributed by atoms with van der Waals surface area (Å²) in [6.45, 7) is 3.36. The highest BCUT2D eigenvalue weighted by molar-refractivity contribution is 14.0. The number of aliphatic imine (C=N–C) groups is 1. The highest BCUT2D eigenvalue weighted by Gasteiger charge is 2.16. The van der Waals surface area contributed by atoms with Crippen LogP contribution in [-0.4, -0.2) is 69.8 Å². The SMILES string of the molecule is CN(C)C(=O)CN=C(NCCCOCCOCc1ccccc1)NC1CCCC1.I. The third kappa shape index (κ3) is 11.7. The molecule has 1 aromatic carbocycles. The summed E-state index contributed by atoms with van der Waals surface area (Å²) < 4.78 is 11.2. The summed E-state index contributed by atoms with van der Waals surface area (Å²) in [5, 5.41) is 6.77. The first kappa shape index (κ1) is 26.6. The first-order valence-corrected chi connectivity index (χ1v) is 10.6. The number of halogens is 1. The third-order valence-corrected chi connectivity index (χ3v) is 4.81. The summed E-state index contributed by atoms with van der Waals surface area (Å²) in [6.07, 6.45) is 5.69. The van der Waals surface area contributed by atoms with Crippen LogP contribution in [0.3, 0.4) is 0 Å². The molecule has 2 N–H and O–H groups in total. The van der Waals surface area contributed by atoms with Gasteiger partial charge < -0.3 is 25.0 Å². The van der Waals surface area contributed by atoms with Gasteiger partial charge in [-0.2, -0.15) is 0 Å². The van der Waals surface area contributed by atoms with Crippen molar-refractivity contribution < 1.29 is 14.3 Å². The van der Waals surface area contributed by atoms with Crippen molar-refractivity contribution in [2.75, 3.05) is 47.0 Å². The smallest absolute Gasteiger partial charge is 0.243 e. The van der Waals surface area contributed by atoms with Crippen LogP contribution in [0.5, 0.6) is 0 Å². The summed E-state index contributed by atoms with van der Waals surface area (Å²) in [4.78, 5) is 17.8. The highest BCUT2D eigenvalue weighted by atomic mass is 127. The molecule has 1 amide bonds. The van der Waals surface area contributed by atoms with E-state index in [0.717, 1.165) is 31.8 Å². The van der Waals surface area contributed by atoms with Crippen LogP contribution in [0.2, 0.25) is 0 Å². The number of likely N-dealkylation sites (N-methyl/N-ethyl adjacent to an activating group) is 1. The zero-order chi connectivity index (χ0) is 20.7. The lowest BCUT2D eigenvalue weighted by Gasteiger charge is -2.18. The minimum Gasteiger partial charge on any atom is -0.379 e. The zero-order valence-corrected chi connectivity index (χ0v) is 20.6. The third-order valence-electron chi connectivity index (χ3n) is 4.81. The average molecular weight is 532 g/mol. The number of nitrogens with zero attached hydrogens (tertiary/aromatic N) is 2. The van der Waals surface area contributed by atoms with Gasteiger partial charge in [0.15, 0.2) is 5.96 Å². The average Bonchev–Trinajstić information content (AvgIpc) is 3.24. The van der Waals surface area contributed by atoms with Gasteiger partial charge in [-0.05, 0) is 24.8 Å². The van der Waals surface area contributed by atoms with Gasteiger partial charge in [-0.25, -0.2) is 4.99 Å². The molecule has 30 heavy (non-hydrogen) atoms. The van der Waals surface area contributed by atoms with Crippen molar-refractivity contribution in [3.63, 3.8) is 0 Å². The van der Waals surface area contributed by atoms with Gasteiger partial charge in [0.05, 0.1) is 19.8 Å². The van der Waals surface area contributed by atoms with Gasteiger partial charge in [0.1, 0.15) is 6.54 Å². The van der Waals surface area contributed by atoms with Gasteiger partial charge in [-0.3, -0.25) is 4.79 Å². The number of ether oxygens (including phenoxy) is 2. The molecule has 1 aromatic rings. The minimum atomic E-state index is -0.00337. The van der Waals surface area contributed by atoms with E-state index in [0.29, 0.717) is 32.5 Å². The molecular weight excluding hydrogens is 495 g/mol. The van der Waals surface area contributed by atoms with E-state index in [9.17, 15) is 4.79 Å². The van der Waals surface area contributed by atoms with Gasteiger partial charge in [0.25, 0.3) is 0 Å². The monoisotopic (exact) mass is 532 g/mol. The van der Waals surface area contributed by atoms with E-state index < -0.39 is 0 Å². The van der Waals surface area contributed by atoms with Crippen LogP contribution >= 0.6 is 24.0 Å². The maximum Gasteiger partial charge on any atom is 0.243 e. The quantitative estimate of drug-likeness (QED) is 0.188. The highest BCUT2D eigenvalue weighted by Crippen LogP contribution is 2.17. The maximum absolute atomic E-state index is 11.8. The number of hydrogen-bond donors (Lipinski definition) is 2. The summed E-state index contributed by atoms with van der Waals surface area (Å²) in [5.41, 5.74) is 1.17. The molecule has 0 radical (unpaired) electrons. The number of hydrogen-bond acceptors (Lipinski definition) is 4. The molecule has 0 spiro atoms. The van der Waals surface area contributed by atoms with Crippen molar-refractivity contribution in [3.05, 3.63) is 35.9 Å². The molecular formula is C22H37IN4O3. The lowest BCUT2D eigenvalue weighted by Crippen LogP contribution is -2.43. The van der Waals surface area contributed by atoms with Crippen molar-refractivity contribution in [2.24, 2.45) is 4.99 Å². The van der Waals surface area contributed by atoms with Crippen LogP contribution < -0.4 is 10.6 Å². The standard InChI is InChI=1S/C22H36N4O3.HI/c1-26(2)21(27)17-24-22(25-20-11-6-7-12-20)23-13-8-14-28-15-16-29-18-19-9-4-3-5-10-19;/h3-5,9-10,20H,6-8,11-18H2,1-2H3,(H2,23,24,25);1H. The van der Waals surface area contributed by atoms with E-state index in [4.69, 9.17) is 9.47 Å². The molecule has 1 fully saturated rings. The van der Waals surface area contributed by atoms with Crippen LogP contribution in [0, 0.1) is 0 Å². The molecule has 2 rings (SSSR count). The van der Waals surface area contributed by atoms with Gasteiger partial charge in [-0.1, -0.05) is 43.2 Å². The predicted octanol–water partition coefficient (Wildman–Crippen LogP) is 2.79. The Labute approximate surface area is 198 Å². The largest absolute Gasteiger partial charge is 0.379 e. The number of guanidine groups is 1. The number of amides is 1. The Balaban J connectivity index is 0.00000450. The minimum absolute atomic E-state index is 0. The summed E-state index contributed by atoms with van der Waals surface area (Å²) in [6, 6.07) is 10.6. The van der Waals surface area contributed by atoms with E-state index in [1.54, 1.807) is 19.0 Å². The Bertz CT molecular complexity index is 608. The van der Waals surface area contributed by atoms with E-state index in [1.165, 1.54) is 18.4 Å². The molecule has 0 aliphatic heterocycles. The first-order valence-electron chi connectivity index (χ1n) is 10.6. The second-order valence-corrected chi connectivity index (χ2v) is 7.51. The number of carbonyl (C=O) groups is 1. The van der Waals surface area contributed by atoms with Crippen molar-refractivity contribution in [1.82, 2.24) is 15.5 Å². The van der Waals surface area contributed by atoms with Gasteiger partial charge in [0.2, 0.25) is 5.91 Å². The van der Waals surface area contributed by atoms with Crippen LogP contribution in [-0.2, 0) is 20.9 Å². The van der Waals surface area contributed by atoms with Crippen LogP contribution in [0.15, 0.2) is 35.3 Å². The Hall–Kier alpha value is -1.39. The lowest BCUT2D eigenvalue weighted by atomic mass is 10.2. The van der Waals surface area contributed by atoms with Crippen LogP contribution in [0.4, 0.5) is 0 Å². The Morgan fingerprint density at radius 2 is 1.80 bits per heavy atom. The number of benzene rings is 1. The lowest BCUT2D eigenvalue weighted by molar-refractivity contribution is -0.127. The first-order chi connectivity index (χ1) is 14.1. The zero-order valence-electron chi connectivity index (χ0n) is 18.3. The number of rotatable bonds is 12. The Morgan fingerprint density at radius 1 is 1.10 bits per heavy atom.